The molecule has 0 amide bonds. The van der Waals surface area contributed by atoms with Crippen molar-refractivity contribution < 1.29 is 4.39 Å². The zero-order valence-electron chi connectivity index (χ0n) is 16.1. The third kappa shape index (κ3) is 3.42. The Balaban J connectivity index is 1.97. The average Bonchev–Trinajstić information content (AvgIpc) is 3.15. The summed E-state index contributed by atoms with van der Waals surface area (Å²) in [5.74, 6) is 0.581. The molecule has 0 aliphatic carbocycles. The predicted octanol–water partition coefficient (Wildman–Crippen LogP) is 4.36. The molecule has 7 nitrogen and oxygen atoms in total. The quantitative estimate of drug-likeness (QED) is 0.512. The third-order valence-corrected chi connectivity index (χ3v) is 5.13. The number of hydrogen-bond donors (Lipinski definition) is 2. The highest BCUT2D eigenvalue weighted by Crippen LogP contribution is 2.23. The first kappa shape index (κ1) is 18.9. The van der Waals surface area contributed by atoms with Crippen molar-refractivity contribution in [3.05, 3.63) is 70.5 Å². The predicted molar refractivity (Wildman–Crippen MR) is 112 cm³/mol. The van der Waals surface area contributed by atoms with Crippen molar-refractivity contribution in [1.82, 2.24) is 29.5 Å². The van der Waals surface area contributed by atoms with Crippen LogP contribution in [0.4, 0.5) is 10.2 Å². The lowest BCUT2D eigenvalue weighted by Crippen LogP contribution is -2.01. The van der Waals surface area contributed by atoms with Gasteiger partial charge in [0.25, 0.3) is 0 Å². The SMILES string of the molecule is Cc1nn(-c2cc(N)[nH]c3c(C)nn(-c4ccc(F)cc4)c3ccn2)c(C)c1Cl. The Morgan fingerprint density at radius 2 is 1.69 bits per heavy atom. The summed E-state index contributed by atoms with van der Waals surface area (Å²) in [4.78, 5) is 7.70. The molecule has 9 heteroatoms. The second-order valence-electron chi connectivity index (χ2n) is 6.66. The Kier molecular flexibility index (Phi) is 4.71. The van der Waals surface area contributed by atoms with Crippen molar-refractivity contribution in [1.29, 1.82) is 0 Å². The van der Waals surface area contributed by atoms with Crippen molar-refractivity contribution in [2.45, 2.75) is 20.8 Å². The molecule has 29 heavy (non-hydrogen) atoms. The first-order valence-corrected chi connectivity index (χ1v) is 9.29. The summed E-state index contributed by atoms with van der Waals surface area (Å²) in [6.45, 7) is 5.57. The molecule has 0 atom stereocenters. The van der Waals surface area contributed by atoms with Crippen molar-refractivity contribution in [3.63, 3.8) is 0 Å². The van der Waals surface area contributed by atoms with E-state index in [1.807, 2.05) is 26.8 Å². The highest BCUT2D eigenvalue weighted by molar-refractivity contribution is 6.31. The van der Waals surface area contributed by atoms with Crippen molar-refractivity contribution in [2.24, 2.45) is 0 Å². The molecule has 1 aromatic carbocycles. The van der Waals surface area contributed by atoms with E-state index in [1.165, 1.54) is 12.1 Å². The third-order valence-electron chi connectivity index (χ3n) is 4.58. The summed E-state index contributed by atoms with van der Waals surface area (Å²) in [7, 11) is 0. The van der Waals surface area contributed by atoms with E-state index in [9.17, 15) is 4.39 Å². The van der Waals surface area contributed by atoms with Crippen LogP contribution in [0, 0.1) is 26.6 Å². The summed E-state index contributed by atoms with van der Waals surface area (Å²) in [5, 5.41) is 9.58. The fraction of sp³-hybridized carbons (Fsp3) is 0.150. The van der Waals surface area contributed by atoms with Crippen LogP contribution in [0.25, 0.3) is 22.5 Å². The lowest BCUT2D eigenvalue weighted by atomic mass is 10.3. The molecule has 3 N–H and O–H groups in total. The molecule has 0 saturated carbocycles. The normalized spacial score (nSPS) is 11.1. The molecule has 0 fully saturated rings. The Labute approximate surface area is 171 Å². The lowest BCUT2D eigenvalue weighted by molar-refractivity contribution is 0.627. The number of aromatic amines is 1. The number of aromatic nitrogens is 6. The zero-order valence-corrected chi connectivity index (χ0v) is 16.9. The fourth-order valence-electron chi connectivity index (χ4n) is 3.14. The second-order valence-corrected chi connectivity index (χ2v) is 7.04. The van der Waals surface area contributed by atoms with E-state index < -0.39 is 0 Å². The molecule has 148 valence electrons. The fourth-order valence-corrected chi connectivity index (χ4v) is 3.25. The number of nitrogens with one attached hydrogen (secondary N) is 1. The summed E-state index contributed by atoms with van der Waals surface area (Å²) >= 11 is 6.27. The summed E-state index contributed by atoms with van der Waals surface area (Å²) < 4.78 is 16.7. The Morgan fingerprint density at radius 3 is 2.34 bits per heavy atom. The highest BCUT2D eigenvalue weighted by Gasteiger charge is 2.12. The monoisotopic (exact) mass is 411 g/mol. The smallest absolute Gasteiger partial charge is 0.157 e. The van der Waals surface area contributed by atoms with Crippen molar-refractivity contribution >= 4 is 28.5 Å². The largest absolute Gasteiger partial charge is 0.385 e. The average molecular weight is 412 g/mol. The molecule has 0 bridgehead atoms. The molecule has 0 aliphatic heterocycles. The van der Waals surface area contributed by atoms with Crippen LogP contribution in [0.3, 0.4) is 0 Å². The van der Waals surface area contributed by atoms with Crippen molar-refractivity contribution in [2.75, 3.05) is 5.73 Å². The molecule has 0 radical (unpaired) electrons. The topological polar surface area (TPSA) is 90.3 Å². The standard InChI is InChI=1S/C20H19ClFN7/c1-11-19(21)13(3)28(26-11)18-10-17(23)25-20-12(2)27-29(16(20)8-9-24-18)15-6-4-14(22)5-7-15/h4-10,25H,23H2,1-3H3. The summed E-state index contributed by atoms with van der Waals surface area (Å²) in [6.07, 6.45) is 1.65. The highest BCUT2D eigenvalue weighted by atomic mass is 35.5. The minimum Gasteiger partial charge on any atom is -0.385 e. The van der Waals surface area contributed by atoms with Crippen LogP contribution >= 0.6 is 11.6 Å². The van der Waals surface area contributed by atoms with Gasteiger partial charge in [-0.05, 0) is 51.1 Å². The van der Waals surface area contributed by atoms with E-state index in [4.69, 9.17) is 17.3 Å². The zero-order chi connectivity index (χ0) is 20.7. The molecule has 4 rings (SSSR count). The van der Waals surface area contributed by atoms with Gasteiger partial charge in [-0.1, -0.05) is 11.6 Å². The van der Waals surface area contributed by atoms with Gasteiger partial charge in [0.15, 0.2) is 5.82 Å². The van der Waals surface area contributed by atoms with E-state index in [0.717, 1.165) is 28.1 Å². The van der Waals surface area contributed by atoms with E-state index in [2.05, 4.69) is 20.2 Å². The number of nitrogens with zero attached hydrogens (tertiary/aromatic N) is 5. The molecule has 3 heterocycles. The molecule has 3 aromatic heterocycles. The van der Waals surface area contributed by atoms with Gasteiger partial charge in [0.1, 0.15) is 11.6 Å². The molecule has 0 saturated heterocycles. The maximum atomic E-state index is 13.3. The molecule has 0 unspecified atom stereocenters. The molecular formula is C20H19ClFN7. The van der Waals surface area contributed by atoms with Crippen LogP contribution in [0.15, 0.2) is 42.6 Å². The van der Waals surface area contributed by atoms with Crippen LogP contribution in [0.1, 0.15) is 17.1 Å². The number of anilines is 1. The molecule has 4 aromatic rings. The van der Waals surface area contributed by atoms with Gasteiger partial charge in [-0.2, -0.15) is 10.2 Å². The second kappa shape index (κ2) is 7.21. The van der Waals surface area contributed by atoms with Gasteiger partial charge >= 0.3 is 0 Å². The van der Waals surface area contributed by atoms with Crippen LogP contribution in [0.5, 0.6) is 0 Å². The number of aryl methyl sites for hydroxylation is 2. The van der Waals surface area contributed by atoms with Gasteiger partial charge in [0.05, 0.1) is 38.8 Å². The van der Waals surface area contributed by atoms with Gasteiger partial charge in [0, 0.05) is 12.3 Å². The molecule has 0 aliphatic rings. The van der Waals surface area contributed by atoms with Gasteiger partial charge < -0.3 is 10.7 Å². The Morgan fingerprint density at radius 1 is 1.00 bits per heavy atom. The van der Waals surface area contributed by atoms with Gasteiger partial charge in [-0.3, -0.25) is 0 Å². The van der Waals surface area contributed by atoms with E-state index in [1.54, 1.807) is 33.8 Å². The number of rotatable bonds is 2. The molecular weight excluding hydrogens is 393 g/mol. The van der Waals surface area contributed by atoms with Crippen LogP contribution in [-0.2, 0) is 0 Å². The summed E-state index contributed by atoms with van der Waals surface area (Å²) in [6, 6.07) is 9.60. The maximum Gasteiger partial charge on any atom is 0.157 e. The number of H-pyrrole nitrogens is 1. The van der Waals surface area contributed by atoms with E-state index in [0.29, 0.717) is 22.4 Å². The van der Waals surface area contributed by atoms with Crippen molar-refractivity contribution in [3.8, 4) is 11.5 Å². The Hall–Kier alpha value is -3.39. The van der Waals surface area contributed by atoms with E-state index in [-0.39, 0.29) is 5.82 Å². The lowest BCUT2D eigenvalue weighted by Gasteiger charge is -2.02. The van der Waals surface area contributed by atoms with Crippen LogP contribution < -0.4 is 5.73 Å². The van der Waals surface area contributed by atoms with E-state index >= 15 is 0 Å². The maximum absolute atomic E-state index is 13.3. The first-order valence-electron chi connectivity index (χ1n) is 8.91. The number of nitrogen functional groups attached to an aromatic ring is 1. The number of benzene rings is 1. The Bertz CT molecular complexity index is 1270. The number of nitrogens with two attached hydrogens (primary N) is 1. The first-order chi connectivity index (χ1) is 13.8. The van der Waals surface area contributed by atoms with Gasteiger partial charge in [0.2, 0.25) is 0 Å². The summed E-state index contributed by atoms with van der Waals surface area (Å²) in [5.41, 5.74) is 10.6. The number of hydrogen-bond acceptors (Lipinski definition) is 4. The van der Waals surface area contributed by atoms with Crippen LogP contribution in [-0.4, -0.2) is 29.5 Å². The van der Waals surface area contributed by atoms with Gasteiger partial charge in [-0.15, -0.1) is 0 Å². The minimum atomic E-state index is -0.309. The molecule has 0 spiro atoms. The van der Waals surface area contributed by atoms with Gasteiger partial charge in [-0.25, -0.2) is 18.7 Å². The number of halogens is 2. The number of fused-ring (bicyclic) bond motifs is 1. The van der Waals surface area contributed by atoms with Crippen LogP contribution in [0.2, 0.25) is 5.02 Å². The minimum absolute atomic E-state index is 0.309.